The Morgan fingerprint density at radius 1 is 1.22 bits per heavy atom. The van der Waals surface area contributed by atoms with Crippen molar-refractivity contribution >= 4 is 0 Å². The Balaban J connectivity index is 4.14. The van der Waals surface area contributed by atoms with Crippen LogP contribution in [0, 0.1) is 5.41 Å². The Morgan fingerprint density at radius 3 is 1.56 bits per heavy atom. The van der Waals surface area contributed by atoms with Gasteiger partial charge in [0.05, 0.1) is 0 Å². The fourth-order valence-corrected chi connectivity index (χ4v) is 0.237. The molecule has 0 spiro atoms. The van der Waals surface area contributed by atoms with Crippen LogP contribution in [0.2, 0.25) is 0 Å². The van der Waals surface area contributed by atoms with Crippen molar-refractivity contribution < 1.29 is 13.9 Å². The monoisotopic (exact) mass is 138 g/mol. The van der Waals surface area contributed by atoms with Gasteiger partial charge in [0, 0.05) is 5.41 Å². The smallest absolute Gasteiger partial charge is 0.275 e. The Kier molecular flexibility index (Phi) is 2.17. The van der Waals surface area contributed by atoms with Gasteiger partial charge < -0.3 is 5.11 Å². The SMILES string of the molecule is CC(C)(C)C(F)(F)CO. The molecule has 0 radical (unpaired) electrons. The van der Waals surface area contributed by atoms with Gasteiger partial charge >= 0.3 is 0 Å². The van der Waals surface area contributed by atoms with Crippen molar-refractivity contribution in [3.63, 3.8) is 0 Å². The number of aliphatic hydroxyl groups is 1. The van der Waals surface area contributed by atoms with Crippen molar-refractivity contribution in [2.75, 3.05) is 6.61 Å². The van der Waals surface area contributed by atoms with Gasteiger partial charge in [-0.05, 0) is 0 Å². The summed E-state index contributed by atoms with van der Waals surface area (Å²) in [4.78, 5) is 0. The summed E-state index contributed by atoms with van der Waals surface area (Å²) in [7, 11) is 0. The zero-order chi connectivity index (χ0) is 7.71. The maximum atomic E-state index is 12.4. The summed E-state index contributed by atoms with van der Waals surface area (Å²) in [5.41, 5.74) is -1.14. The van der Waals surface area contributed by atoms with Crippen molar-refractivity contribution in [1.29, 1.82) is 0 Å². The quantitative estimate of drug-likeness (QED) is 0.584. The van der Waals surface area contributed by atoms with Crippen LogP contribution in [0.15, 0.2) is 0 Å². The summed E-state index contributed by atoms with van der Waals surface area (Å²) in [6.07, 6.45) is 0. The predicted molar refractivity (Wildman–Crippen MR) is 31.5 cm³/mol. The zero-order valence-electron chi connectivity index (χ0n) is 5.91. The average Bonchev–Trinajstić information content (AvgIpc) is 1.64. The molecular weight excluding hydrogens is 126 g/mol. The topological polar surface area (TPSA) is 20.2 Å². The van der Waals surface area contributed by atoms with Crippen LogP contribution in [0.4, 0.5) is 8.78 Å². The minimum atomic E-state index is -2.97. The van der Waals surface area contributed by atoms with Crippen molar-refractivity contribution in [2.45, 2.75) is 26.7 Å². The van der Waals surface area contributed by atoms with Gasteiger partial charge in [-0.25, -0.2) is 8.78 Å². The van der Waals surface area contributed by atoms with Crippen LogP contribution in [0.1, 0.15) is 20.8 Å². The minimum Gasteiger partial charge on any atom is -0.390 e. The zero-order valence-corrected chi connectivity index (χ0v) is 5.91. The second kappa shape index (κ2) is 2.21. The van der Waals surface area contributed by atoms with E-state index in [1.54, 1.807) is 0 Å². The third-order valence-corrected chi connectivity index (χ3v) is 1.30. The largest absolute Gasteiger partial charge is 0.390 e. The van der Waals surface area contributed by atoms with Crippen molar-refractivity contribution in [3.8, 4) is 0 Å². The normalized spacial score (nSPS) is 14.0. The Bertz CT molecular complexity index is 93.7. The number of hydrogen-bond acceptors (Lipinski definition) is 1. The molecule has 0 aromatic rings. The van der Waals surface area contributed by atoms with Gasteiger partial charge in [0.1, 0.15) is 6.61 Å². The van der Waals surface area contributed by atoms with Gasteiger partial charge in [0.2, 0.25) is 0 Å². The van der Waals surface area contributed by atoms with E-state index in [9.17, 15) is 8.78 Å². The molecule has 1 nitrogen and oxygen atoms in total. The highest BCUT2D eigenvalue weighted by atomic mass is 19.3. The van der Waals surface area contributed by atoms with Gasteiger partial charge in [-0.15, -0.1) is 0 Å². The van der Waals surface area contributed by atoms with E-state index < -0.39 is 17.9 Å². The molecule has 0 aliphatic heterocycles. The fraction of sp³-hybridized carbons (Fsp3) is 1.00. The standard InChI is InChI=1S/C6H12F2O/c1-5(2,3)6(7,8)4-9/h9H,4H2,1-3H3. The molecule has 0 saturated heterocycles. The number of rotatable bonds is 1. The third kappa shape index (κ3) is 1.90. The highest BCUT2D eigenvalue weighted by molar-refractivity contribution is 4.79. The molecule has 0 aliphatic carbocycles. The van der Waals surface area contributed by atoms with Crippen molar-refractivity contribution in [1.82, 2.24) is 0 Å². The second-order valence-corrected chi connectivity index (χ2v) is 3.11. The molecule has 9 heavy (non-hydrogen) atoms. The summed E-state index contributed by atoms with van der Waals surface area (Å²) in [6.45, 7) is 3.10. The maximum absolute atomic E-state index is 12.4. The van der Waals surface area contributed by atoms with Gasteiger partial charge in [0.25, 0.3) is 5.92 Å². The first-order valence-electron chi connectivity index (χ1n) is 2.80. The van der Waals surface area contributed by atoms with Gasteiger partial charge in [-0.2, -0.15) is 0 Å². The lowest BCUT2D eigenvalue weighted by molar-refractivity contribution is -0.129. The number of halogens is 2. The number of aliphatic hydroxyl groups excluding tert-OH is 1. The number of hydrogen-bond donors (Lipinski definition) is 1. The molecule has 0 saturated carbocycles. The Hall–Kier alpha value is -0.180. The van der Waals surface area contributed by atoms with Gasteiger partial charge in [-0.1, -0.05) is 20.8 Å². The van der Waals surface area contributed by atoms with E-state index in [0.29, 0.717) is 0 Å². The van der Waals surface area contributed by atoms with E-state index in [1.807, 2.05) is 0 Å². The molecule has 56 valence electrons. The number of alkyl halides is 2. The molecule has 0 fully saturated rings. The summed E-state index contributed by atoms with van der Waals surface area (Å²) < 4.78 is 24.8. The Labute approximate surface area is 53.7 Å². The van der Waals surface area contributed by atoms with Crippen LogP contribution in [-0.4, -0.2) is 17.6 Å². The van der Waals surface area contributed by atoms with E-state index in [4.69, 9.17) is 5.11 Å². The summed E-state index contributed by atoms with van der Waals surface area (Å²) in [5, 5.41) is 8.18. The summed E-state index contributed by atoms with van der Waals surface area (Å²) in [5.74, 6) is -2.97. The lowest BCUT2D eigenvalue weighted by Crippen LogP contribution is -2.37. The van der Waals surface area contributed by atoms with Crippen LogP contribution < -0.4 is 0 Å². The van der Waals surface area contributed by atoms with Crippen LogP contribution in [-0.2, 0) is 0 Å². The molecule has 0 aromatic heterocycles. The molecular formula is C6H12F2O. The molecule has 0 atom stereocenters. The highest BCUT2D eigenvalue weighted by Crippen LogP contribution is 2.34. The van der Waals surface area contributed by atoms with Crippen LogP contribution in [0.3, 0.4) is 0 Å². The van der Waals surface area contributed by atoms with E-state index in [1.165, 1.54) is 20.8 Å². The van der Waals surface area contributed by atoms with Gasteiger partial charge in [0.15, 0.2) is 0 Å². The summed E-state index contributed by atoms with van der Waals surface area (Å²) in [6, 6.07) is 0. The van der Waals surface area contributed by atoms with E-state index in [0.717, 1.165) is 0 Å². The maximum Gasteiger partial charge on any atom is 0.275 e. The lowest BCUT2D eigenvalue weighted by Gasteiger charge is -2.28. The van der Waals surface area contributed by atoms with Crippen molar-refractivity contribution in [2.24, 2.45) is 5.41 Å². The molecule has 0 heterocycles. The minimum absolute atomic E-state index is 1.07. The predicted octanol–water partition coefficient (Wildman–Crippen LogP) is 1.66. The molecule has 0 unspecified atom stereocenters. The fourth-order valence-electron chi connectivity index (χ4n) is 0.237. The molecule has 0 aromatic carbocycles. The summed E-state index contributed by atoms with van der Waals surface area (Å²) >= 11 is 0. The average molecular weight is 138 g/mol. The van der Waals surface area contributed by atoms with E-state index in [2.05, 4.69) is 0 Å². The van der Waals surface area contributed by atoms with E-state index >= 15 is 0 Å². The van der Waals surface area contributed by atoms with Crippen molar-refractivity contribution in [3.05, 3.63) is 0 Å². The van der Waals surface area contributed by atoms with Crippen LogP contribution >= 0.6 is 0 Å². The lowest BCUT2D eigenvalue weighted by atomic mass is 9.89. The molecule has 0 bridgehead atoms. The molecule has 0 rings (SSSR count). The van der Waals surface area contributed by atoms with Crippen LogP contribution in [0.5, 0.6) is 0 Å². The first kappa shape index (κ1) is 8.82. The first-order valence-corrected chi connectivity index (χ1v) is 2.80. The van der Waals surface area contributed by atoms with Gasteiger partial charge in [-0.3, -0.25) is 0 Å². The van der Waals surface area contributed by atoms with E-state index in [-0.39, 0.29) is 0 Å². The third-order valence-electron chi connectivity index (χ3n) is 1.30. The highest BCUT2D eigenvalue weighted by Gasteiger charge is 2.41. The Morgan fingerprint density at radius 2 is 1.56 bits per heavy atom. The molecule has 1 N–H and O–H groups in total. The van der Waals surface area contributed by atoms with Crippen LogP contribution in [0.25, 0.3) is 0 Å². The first-order chi connectivity index (χ1) is 3.81. The molecule has 3 heteroatoms. The molecule has 0 amide bonds. The molecule has 0 aliphatic rings. The second-order valence-electron chi connectivity index (χ2n) is 3.11.